The standard InChI is InChI=1S/C14H16N2O3/c1-8(15-9(2)17)7-11-10-5-3-4-6-12(10)16-13(11)14(18)19/h3-6,8,16H,7H2,1-2H3,(H,15,17)(H,18,19)/t8-/m0/s1. The van der Waals surface area contributed by atoms with Crippen LogP contribution in [0.15, 0.2) is 24.3 Å². The zero-order valence-electron chi connectivity index (χ0n) is 10.9. The Morgan fingerprint density at radius 1 is 1.37 bits per heavy atom. The van der Waals surface area contributed by atoms with E-state index >= 15 is 0 Å². The molecule has 1 aromatic heterocycles. The predicted molar refractivity (Wildman–Crippen MR) is 72.2 cm³/mol. The van der Waals surface area contributed by atoms with E-state index in [1.54, 1.807) is 0 Å². The number of aromatic nitrogens is 1. The molecule has 0 bridgehead atoms. The topological polar surface area (TPSA) is 82.2 Å². The van der Waals surface area contributed by atoms with E-state index in [-0.39, 0.29) is 17.6 Å². The second-order valence-electron chi connectivity index (χ2n) is 4.63. The summed E-state index contributed by atoms with van der Waals surface area (Å²) >= 11 is 0. The van der Waals surface area contributed by atoms with E-state index in [4.69, 9.17) is 0 Å². The molecule has 100 valence electrons. The van der Waals surface area contributed by atoms with Crippen LogP contribution in [0.2, 0.25) is 0 Å². The van der Waals surface area contributed by atoms with Gasteiger partial charge >= 0.3 is 5.97 Å². The van der Waals surface area contributed by atoms with Gasteiger partial charge in [0.2, 0.25) is 5.91 Å². The molecule has 0 fully saturated rings. The second kappa shape index (κ2) is 5.14. The van der Waals surface area contributed by atoms with E-state index in [1.165, 1.54) is 6.92 Å². The third-order valence-electron chi connectivity index (χ3n) is 2.99. The average molecular weight is 260 g/mol. The highest BCUT2D eigenvalue weighted by atomic mass is 16.4. The van der Waals surface area contributed by atoms with Crippen molar-refractivity contribution in [1.29, 1.82) is 0 Å². The number of aromatic amines is 1. The number of rotatable bonds is 4. The number of aromatic carboxylic acids is 1. The van der Waals surface area contributed by atoms with Crippen molar-refractivity contribution in [3.63, 3.8) is 0 Å². The van der Waals surface area contributed by atoms with Crippen LogP contribution in [0.4, 0.5) is 0 Å². The molecule has 2 rings (SSSR count). The van der Waals surface area contributed by atoms with Crippen LogP contribution in [0.25, 0.3) is 10.9 Å². The minimum atomic E-state index is -0.985. The van der Waals surface area contributed by atoms with Crippen LogP contribution >= 0.6 is 0 Å². The van der Waals surface area contributed by atoms with E-state index < -0.39 is 5.97 Å². The Morgan fingerprint density at radius 2 is 2.05 bits per heavy atom. The highest BCUT2D eigenvalue weighted by Crippen LogP contribution is 2.23. The van der Waals surface area contributed by atoms with Crippen LogP contribution in [0.3, 0.4) is 0 Å². The van der Waals surface area contributed by atoms with Gasteiger partial charge in [-0.15, -0.1) is 0 Å². The van der Waals surface area contributed by atoms with Gasteiger partial charge in [-0.05, 0) is 25.0 Å². The average Bonchev–Trinajstić information content (AvgIpc) is 2.67. The lowest BCUT2D eigenvalue weighted by atomic mass is 10.0. The summed E-state index contributed by atoms with van der Waals surface area (Å²) in [4.78, 5) is 25.2. The molecule has 0 saturated carbocycles. The first-order valence-corrected chi connectivity index (χ1v) is 6.09. The van der Waals surface area contributed by atoms with Crippen molar-refractivity contribution < 1.29 is 14.7 Å². The molecule has 19 heavy (non-hydrogen) atoms. The fourth-order valence-electron chi connectivity index (χ4n) is 2.30. The molecule has 0 spiro atoms. The molecule has 3 N–H and O–H groups in total. The fourth-order valence-corrected chi connectivity index (χ4v) is 2.30. The summed E-state index contributed by atoms with van der Waals surface area (Å²) in [5, 5.41) is 12.9. The molecule has 1 heterocycles. The van der Waals surface area contributed by atoms with Crippen LogP contribution in [-0.4, -0.2) is 28.0 Å². The Morgan fingerprint density at radius 3 is 2.68 bits per heavy atom. The van der Waals surface area contributed by atoms with Gasteiger partial charge in [-0.1, -0.05) is 18.2 Å². The Labute approximate surface area is 110 Å². The monoisotopic (exact) mass is 260 g/mol. The number of fused-ring (bicyclic) bond motifs is 1. The van der Waals surface area contributed by atoms with Crippen LogP contribution in [-0.2, 0) is 11.2 Å². The number of carboxylic acids is 1. The maximum atomic E-state index is 11.3. The van der Waals surface area contributed by atoms with Gasteiger partial charge in [0.15, 0.2) is 0 Å². The molecule has 5 heteroatoms. The summed E-state index contributed by atoms with van der Waals surface area (Å²) in [5.41, 5.74) is 1.72. The first kappa shape index (κ1) is 13.1. The summed E-state index contributed by atoms with van der Waals surface area (Å²) in [5.74, 6) is -1.11. The quantitative estimate of drug-likeness (QED) is 0.785. The van der Waals surface area contributed by atoms with Gasteiger partial charge < -0.3 is 15.4 Å². The molecule has 0 aliphatic rings. The van der Waals surface area contributed by atoms with Gasteiger partial charge in [0.05, 0.1) is 0 Å². The lowest BCUT2D eigenvalue weighted by Crippen LogP contribution is -2.32. The van der Waals surface area contributed by atoms with Gasteiger partial charge in [0, 0.05) is 23.9 Å². The highest BCUT2D eigenvalue weighted by molar-refractivity contribution is 5.97. The number of para-hydroxylation sites is 1. The van der Waals surface area contributed by atoms with Crippen LogP contribution < -0.4 is 5.32 Å². The van der Waals surface area contributed by atoms with Crippen molar-refractivity contribution in [2.24, 2.45) is 0 Å². The smallest absolute Gasteiger partial charge is 0.352 e. The SMILES string of the molecule is CC(=O)N[C@@H](C)Cc1c(C(=O)O)[nH]c2ccccc12. The zero-order chi connectivity index (χ0) is 14.0. The molecule has 1 aromatic carbocycles. The first-order valence-electron chi connectivity index (χ1n) is 6.09. The number of carbonyl (C=O) groups excluding carboxylic acids is 1. The van der Waals surface area contributed by atoms with Gasteiger partial charge in [0.1, 0.15) is 5.69 Å². The van der Waals surface area contributed by atoms with Gasteiger partial charge in [0.25, 0.3) is 0 Å². The first-order chi connectivity index (χ1) is 8.99. The van der Waals surface area contributed by atoms with Gasteiger partial charge in [-0.25, -0.2) is 4.79 Å². The third-order valence-corrected chi connectivity index (χ3v) is 2.99. The molecule has 1 atom stereocenters. The van der Waals surface area contributed by atoms with Gasteiger partial charge in [-0.2, -0.15) is 0 Å². The highest BCUT2D eigenvalue weighted by Gasteiger charge is 2.18. The van der Waals surface area contributed by atoms with Crippen LogP contribution in [0.1, 0.15) is 29.9 Å². The summed E-state index contributed by atoms with van der Waals surface area (Å²) in [6.45, 7) is 3.30. The number of benzene rings is 1. The Hall–Kier alpha value is -2.30. The van der Waals surface area contributed by atoms with E-state index in [1.807, 2.05) is 31.2 Å². The molecular formula is C14H16N2O3. The molecule has 5 nitrogen and oxygen atoms in total. The second-order valence-corrected chi connectivity index (χ2v) is 4.63. The molecule has 0 saturated heterocycles. The van der Waals surface area contributed by atoms with Crippen molar-refractivity contribution in [3.8, 4) is 0 Å². The van der Waals surface area contributed by atoms with Gasteiger partial charge in [-0.3, -0.25) is 4.79 Å². The van der Waals surface area contributed by atoms with Crippen molar-refractivity contribution in [1.82, 2.24) is 10.3 Å². The Bertz CT molecular complexity index is 631. The number of hydrogen-bond donors (Lipinski definition) is 3. The largest absolute Gasteiger partial charge is 0.477 e. The lowest BCUT2D eigenvalue weighted by Gasteiger charge is -2.12. The van der Waals surface area contributed by atoms with Crippen molar-refractivity contribution >= 4 is 22.8 Å². The molecule has 0 radical (unpaired) electrons. The van der Waals surface area contributed by atoms with Crippen LogP contribution in [0, 0.1) is 0 Å². The van der Waals surface area contributed by atoms with Crippen LogP contribution in [0.5, 0.6) is 0 Å². The zero-order valence-corrected chi connectivity index (χ0v) is 10.9. The summed E-state index contributed by atoms with van der Waals surface area (Å²) < 4.78 is 0. The number of H-pyrrole nitrogens is 1. The number of carboxylic acid groups (broad SMARTS) is 1. The third kappa shape index (κ3) is 2.76. The maximum absolute atomic E-state index is 11.3. The number of carbonyl (C=O) groups is 2. The van der Waals surface area contributed by atoms with Crippen molar-refractivity contribution in [2.75, 3.05) is 0 Å². The number of amides is 1. The molecule has 0 unspecified atom stereocenters. The minimum Gasteiger partial charge on any atom is -0.477 e. The van der Waals surface area contributed by atoms with Crippen molar-refractivity contribution in [2.45, 2.75) is 26.3 Å². The van der Waals surface area contributed by atoms with Crippen molar-refractivity contribution in [3.05, 3.63) is 35.5 Å². The van der Waals surface area contributed by atoms with E-state index in [0.717, 1.165) is 16.5 Å². The molecular weight excluding hydrogens is 244 g/mol. The fraction of sp³-hybridized carbons (Fsp3) is 0.286. The Balaban J connectivity index is 2.42. The molecule has 0 aliphatic heterocycles. The maximum Gasteiger partial charge on any atom is 0.352 e. The lowest BCUT2D eigenvalue weighted by molar-refractivity contribution is -0.119. The van der Waals surface area contributed by atoms with E-state index in [9.17, 15) is 14.7 Å². The molecule has 2 aromatic rings. The van der Waals surface area contributed by atoms with E-state index in [2.05, 4.69) is 10.3 Å². The molecule has 0 aliphatic carbocycles. The van der Waals surface area contributed by atoms with E-state index in [0.29, 0.717) is 6.42 Å². The minimum absolute atomic E-state index is 0.116. The Kier molecular flexibility index (Phi) is 3.55. The number of hydrogen-bond acceptors (Lipinski definition) is 2. The summed E-state index contributed by atoms with van der Waals surface area (Å²) in [6.07, 6.45) is 0.477. The number of nitrogens with one attached hydrogen (secondary N) is 2. The summed E-state index contributed by atoms with van der Waals surface area (Å²) in [6, 6.07) is 7.33. The normalized spacial score (nSPS) is 12.3. The summed E-state index contributed by atoms with van der Waals surface area (Å²) in [7, 11) is 0. The molecule has 1 amide bonds. The predicted octanol–water partition coefficient (Wildman–Crippen LogP) is 1.93.